The molecule has 2 heterocycles. The van der Waals surface area contributed by atoms with Crippen molar-refractivity contribution < 1.29 is 28.7 Å². The van der Waals surface area contributed by atoms with Crippen molar-refractivity contribution in [3.8, 4) is 0 Å². The average molecular weight is 602 g/mol. The van der Waals surface area contributed by atoms with Crippen LogP contribution in [0.3, 0.4) is 0 Å². The molecule has 0 spiro atoms. The zero-order valence-corrected chi connectivity index (χ0v) is 26.2. The number of amides is 2. The number of nitrogens with one attached hydrogen (secondary N) is 1. The standard InChI is InChI=1S/C30H43N5O6S/c1-18(2)24(35(5)27(37)11-10-21-8-9-21)16-25(41-20(4)36)29-34-23(17-42-29)28(38)33-22(14-19(3)30(39)40-6)15-26-31-12-7-13-32-26/h7,12-13,17-19,21-22,24-25H,8-11,14-16H2,1-6H3,(H,33,38)/t19-,22+,24?,25+/m0/s1. The largest absolute Gasteiger partial charge is 0.469 e. The Balaban J connectivity index is 1.74. The molecule has 1 unspecified atom stereocenters. The third-order valence-electron chi connectivity index (χ3n) is 7.54. The summed E-state index contributed by atoms with van der Waals surface area (Å²) in [7, 11) is 3.13. The van der Waals surface area contributed by atoms with E-state index in [0.717, 1.165) is 6.42 Å². The number of rotatable bonds is 16. The minimum atomic E-state index is -0.715. The number of aromatic nitrogens is 3. The first kappa shape index (κ1) is 33.1. The molecule has 1 aliphatic carbocycles. The van der Waals surface area contributed by atoms with Gasteiger partial charge in [-0.05, 0) is 30.7 Å². The molecule has 0 aromatic carbocycles. The lowest BCUT2D eigenvalue weighted by Gasteiger charge is -2.33. The van der Waals surface area contributed by atoms with Crippen molar-refractivity contribution in [1.82, 2.24) is 25.2 Å². The van der Waals surface area contributed by atoms with Gasteiger partial charge in [0.2, 0.25) is 5.91 Å². The van der Waals surface area contributed by atoms with E-state index >= 15 is 0 Å². The van der Waals surface area contributed by atoms with Gasteiger partial charge >= 0.3 is 11.9 Å². The van der Waals surface area contributed by atoms with E-state index in [1.165, 1.54) is 38.2 Å². The summed E-state index contributed by atoms with van der Waals surface area (Å²) >= 11 is 1.23. The van der Waals surface area contributed by atoms with Crippen LogP contribution in [0.15, 0.2) is 23.8 Å². The van der Waals surface area contributed by atoms with Crippen LogP contribution in [0.4, 0.5) is 0 Å². The van der Waals surface area contributed by atoms with Gasteiger partial charge in [0.15, 0.2) is 6.10 Å². The Morgan fingerprint density at radius 3 is 2.40 bits per heavy atom. The van der Waals surface area contributed by atoms with Crippen LogP contribution >= 0.6 is 11.3 Å². The summed E-state index contributed by atoms with van der Waals surface area (Å²) in [5.41, 5.74) is 0.173. The van der Waals surface area contributed by atoms with Gasteiger partial charge in [-0.1, -0.05) is 33.6 Å². The SMILES string of the molecule is COC(=O)[C@@H](C)C[C@H](Cc1ncccn1)NC(=O)c1csc([C@@H](CC(C(C)C)N(C)C(=O)CCC2CC2)OC(C)=O)n1. The number of hydrogen-bond donors (Lipinski definition) is 1. The Bertz CT molecular complexity index is 1200. The molecule has 1 fully saturated rings. The Labute approximate surface area is 251 Å². The molecule has 11 nitrogen and oxygen atoms in total. The Morgan fingerprint density at radius 1 is 1.12 bits per heavy atom. The van der Waals surface area contributed by atoms with Crippen LogP contribution in [0.1, 0.15) is 93.6 Å². The number of esters is 2. The van der Waals surface area contributed by atoms with Gasteiger partial charge in [0.25, 0.3) is 5.91 Å². The molecular formula is C30H43N5O6S. The normalized spacial score (nSPS) is 15.8. The molecule has 0 radical (unpaired) electrons. The highest BCUT2D eigenvalue weighted by atomic mass is 32.1. The van der Waals surface area contributed by atoms with Crippen LogP contribution < -0.4 is 5.32 Å². The van der Waals surface area contributed by atoms with Crippen molar-refractivity contribution in [3.63, 3.8) is 0 Å². The number of methoxy groups -OCH3 is 1. The van der Waals surface area contributed by atoms with Gasteiger partial charge in [0.05, 0.1) is 13.0 Å². The third kappa shape index (κ3) is 10.1. The van der Waals surface area contributed by atoms with Gasteiger partial charge in [-0.3, -0.25) is 19.2 Å². The van der Waals surface area contributed by atoms with Gasteiger partial charge in [-0.2, -0.15) is 0 Å². The molecule has 12 heteroatoms. The highest BCUT2D eigenvalue weighted by Crippen LogP contribution is 2.34. The van der Waals surface area contributed by atoms with E-state index in [1.807, 2.05) is 13.8 Å². The van der Waals surface area contributed by atoms with Crippen molar-refractivity contribution in [2.75, 3.05) is 14.2 Å². The van der Waals surface area contributed by atoms with E-state index in [-0.39, 0.29) is 29.5 Å². The topological polar surface area (TPSA) is 141 Å². The summed E-state index contributed by atoms with van der Waals surface area (Å²) in [6.45, 7) is 7.14. The molecule has 0 bridgehead atoms. The Morgan fingerprint density at radius 2 is 1.81 bits per heavy atom. The molecule has 1 aliphatic rings. The minimum Gasteiger partial charge on any atom is -0.469 e. The summed E-state index contributed by atoms with van der Waals surface area (Å²) in [6, 6.07) is 1.07. The molecule has 1 saturated carbocycles. The first-order valence-corrected chi connectivity index (χ1v) is 15.4. The summed E-state index contributed by atoms with van der Waals surface area (Å²) in [4.78, 5) is 65.2. The van der Waals surface area contributed by atoms with E-state index in [1.54, 1.807) is 42.7 Å². The average Bonchev–Trinajstić information content (AvgIpc) is 3.65. The number of hydrogen-bond acceptors (Lipinski definition) is 10. The molecule has 4 atom stereocenters. The highest BCUT2D eigenvalue weighted by molar-refractivity contribution is 7.09. The molecule has 2 aromatic heterocycles. The summed E-state index contributed by atoms with van der Waals surface area (Å²) in [6.07, 6.45) is 7.34. The number of thiazole rings is 1. The van der Waals surface area contributed by atoms with E-state index in [9.17, 15) is 19.2 Å². The van der Waals surface area contributed by atoms with Crippen molar-refractivity contribution >= 4 is 35.1 Å². The minimum absolute atomic E-state index is 0.0796. The van der Waals surface area contributed by atoms with Crippen LogP contribution in [0.2, 0.25) is 0 Å². The van der Waals surface area contributed by atoms with Gasteiger partial charge < -0.3 is 19.7 Å². The maximum absolute atomic E-state index is 13.3. The number of nitrogens with zero attached hydrogens (tertiary/aromatic N) is 4. The fourth-order valence-corrected chi connectivity index (χ4v) is 5.80. The Hall–Kier alpha value is -3.41. The maximum Gasteiger partial charge on any atom is 0.308 e. The molecule has 2 amide bonds. The molecule has 3 rings (SSSR count). The predicted molar refractivity (Wildman–Crippen MR) is 157 cm³/mol. The molecule has 0 saturated heterocycles. The summed E-state index contributed by atoms with van der Waals surface area (Å²) in [5.74, 6) is -0.342. The lowest BCUT2D eigenvalue weighted by molar-refractivity contribution is -0.148. The fourth-order valence-electron chi connectivity index (χ4n) is 4.96. The zero-order chi connectivity index (χ0) is 30.8. The lowest BCUT2D eigenvalue weighted by Crippen LogP contribution is -2.41. The molecular weight excluding hydrogens is 558 g/mol. The second kappa shape index (κ2) is 15.7. The van der Waals surface area contributed by atoms with E-state index in [2.05, 4.69) is 20.3 Å². The molecule has 0 aliphatic heterocycles. The smallest absolute Gasteiger partial charge is 0.308 e. The molecule has 1 N–H and O–H groups in total. The maximum atomic E-state index is 13.3. The van der Waals surface area contributed by atoms with Crippen molar-refractivity contribution in [1.29, 1.82) is 0 Å². The van der Waals surface area contributed by atoms with Crippen LogP contribution in [-0.2, 0) is 30.3 Å². The van der Waals surface area contributed by atoms with Gasteiger partial charge in [-0.15, -0.1) is 11.3 Å². The van der Waals surface area contributed by atoms with Crippen LogP contribution in [-0.4, -0.2) is 69.8 Å². The van der Waals surface area contributed by atoms with Crippen LogP contribution in [0.5, 0.6) is 0 Å². The van der Waals surface area contributed by atoms with E-state index in [0.29, 0.717) is 42.4 Å². The highest BCUT2D eigenvalue weighted by Gasteiger charge is 2.32. The van der Waals surface area contributed by atoms with Gasteiger partial charge in [0.1, 0.15) is 16.5 Å². The molecule has 230 valence electrons. The quantitative estimate of drug-likeness (QED) is 0.281. The van der Waals surface area contributed by atoms with Crippen LogP contribution in [0.25, 0.3) is 0 Å². The van der Waals surface area contributed by atoms with E-state index in [4.69, 9.17) is 9.47 Å². The van der Waals surface area contributed by atoms with Crippen LogP contribution in [0, 0.1) is 17.8 Å². The van der Waals surface area contributed by atoms with Crippen molar-refractivity contribution in [3.05, 3.63) is 40.4 Å². The van der Waals surface area contributed by atoms with Gasteiger partial charge in [-0.25, -0.2) is 15.0 Å². The fraction of sp³-hybridized carbons (Fsp3) is 0.633. The first-order chi connectivity index (χ1) is 20.0. The van der Waals surface area contributed by atoms with Crippen molar-refractivity contribution in [2.24, 2.45) is 17.8 Å². The number of carbonyl (C=O) groups is 4. The summed E-state index contributed by atoms with van der Waals surface area (Å²) in [5, 5.41) is 5.06. The number of carbonyl (C=O) groups excluding carboxylic acids is 4. The number of ether oxygens (including phenoxy) is 2. The third-order valence-corrected chi connectivity index (χ3v) is 8.48. The summed E-state index contributed by atoms with van der Waals surface area (Å²) < 4.78 is 10.5. The Kier molecular flexibility index (Phi) is 12.4. The molecule has 42 heavy (non-hydrogen) atoms. The van der Waals surface area contributed by atoms with Crippen molar-refractivity contribution in [2.45, 2.75) is 90.8 Å². The molecule has 2 aromatic rings. The van der Waals surface area contributed by atoms with E-state index < -0.39 is 29.9 Å². The van der Waals surface area contributed by atoms with Gasteiger partial charge in [0, 0.05) is 63.1 Å². The first-order valence-electron chi connectivity index (χ1n) is 14.5. The lowest BCUT2D eigenvalue weighted by atomic mass is 9.96. The zero-order valence-electron chi connectivity index (χ0n) is 25.4. The second-order valence-corrected chi connectivity index (χ2v) is 12.3. The second-order valence-electron chi connectivity index (χ2n) is 11.4. The predicted octanol–water partition coefficient (Wildman–Crippen LogP) is 4.14. The monoisotopic (exact) mass is 601 g/mol.